The minimum absolute atomic E-state index is 0. The number of carbonyl (C=O) groups is 2. The van der Waals surface area contributed by atoms with Gasteiger partial charge in [0.1, 0.15) is 0 Å². The number of carbonyl (C=O) groups excluding carboxylic acids is 2. The number of ether oxygens (including phenoxy) is 1. The number of hydrogen-bond acceptors (Lipinski definition) is 4. The Kier molecular flexibility index (Phi) is 10.5. The molecule has 0 saturated heterocycles. The monoisotopic (exact) mass is 306 g/mol. The number of esters is 1. The maximum absolute atomic E-state index is 11.9. The van der Waals surface area contributed by atoms with Crippen molar-refractivity contribution in [3.05, 3.63) is 0 Å². The molecule has 0 bridgehead atoms. The van der Waals surface area contributed by atoms with Gasteiger partial charge >= 0.3 is 5.97 Å². The first kappa shape index (κ1) is 19.2. The van der Waals surface area contributed by atoms with Crippen molar-refractivity contribution in [2.75, 3.05) is 13.7 Å². The predicted molar refractivity (Wildman–Crippen MR) is 80.7 cm³/mol. The van der Waals surface area contributed by atoms with Crippen molar-refractivity contribution < 1.29 is 14.3 Å². The molecule has 1 fully saturated rings. The van der Waals surface area contributed by atoms with Crippen LogP contribution < -0.4 is 11.1 Å². The Morgan fingerprint density at radius 3 is 2.65 bits per heavy atom. The molecule has 0 aromatic heterocycles. The van der Waals surface area contributed by atoms with Gasteiger partial charge in [0, 0.05) is 24.9 Å². The first-order chi connectivity index (χ1) is 9.13. The molecule has 5 nitrogen and oxygen atoms in total. The van der Waals surface area contributed by atoms with E-state index < -0.39 is 0 Å². The Labute approximate surface area is 127 Å². The summed E-state index contributed by atoms with van der Waals surface area (Å²) in [4.78, 5) is 22.8. The second kappa shape index (κ2) is 10.9. The SMILES string of the molecule is COC(=O)CCCCCNC(=O)C1CCCC(N)C1.Cl. The molecule has 0 aromatic rings. The van der Waals surface area contributed by atoms with E-state index in [-0.39, 0.29) is 36.2 Å². The number of halogens is 1. The third-order valence-corrected chi connectivity index (χ3v) is 3.67. The quantitative estimate of drug-likeness (QED) is 0.555. The lowest BCUT2D eigenvalue weighted by atomic mass is 9.85. The van der Waals surface area contributed by atoms with E-state index >= 15 is 0 Å². The Balaban J connectivity index is 0.00000361. The van der Waals surface area contributed by atoms with Crippen LogP contribution in [-0.4, -0.2) is 31.6 Å². The van der Waals surface area contributed by atoms with E-state index in [1.54, 1.807) is 0 Å². The number of nitrogens with one attached hydrogen (secondary N) is 1. The standard InChI is InChI=1S/C14H26N2O3.ClH/c1-19-13(17)8-3-2-4-9-16-14(18)11-6-5-7-12(15)10-11;/h11-12H,2-10,15H2,1H3,(H,16,18);1H. The highest BCUT2D eigenvalue weighted by atomic mass is 35.5. The molecule has 2 unspecified atom stereocenters. The Morgan fingerprint density at radius 2 is 2.00 bits per heavy atom. The summed E-state index contributed by atoms with van der Waals surface area (Å²) >= 11 is 0. The van der Waals surface area contributed by atoms with Gasteiger partial charge in [0.2, 0.25) is 5.91 Å². The van der Waals surface area contributed by atoms with Gasteiger partial charge in [-0.25, -0.2) is 0 Å². The minimum atomic E-state index is -0.166. The first-order valence-electron chi connectivity index (χ1n) is 7.23. The van der Waals surface area contributed by atoms with Crippen molar-refractivity contribution in [3.63, 3.8) is 0 Å². The van der Waals surface area contributed by atoms with E-state index in [1.807, 2.05) is 0 Å². The zero-order valence-electron chi connectivity index (χ0n) is 12.2. The lowest BCUT2D eigenvalue weighted by molar-refractivity contribution is -0.140. The first-order valence-corrected chi connectivity index (χ1v) is 7.23. The molecule has 0 aromatic carbocycles. The van der Waals surface area contributed by atoms with E-state index in [1.165, 1.54) is 7.11 Å². The van der Waals surface area contributed by atoms with Crippen LogP contribution in [0.25, 0.3) is 0 Å². The lowest BCUT2D eigenvalue weighted by Gasteiger charge is -2.25. The van der Waals surface area contributed by atoms with Gasteiger partial charge < -0.3 is 15.8 Å². The van der Waals surface area contributed by atoms with Crippen LogP contribution in [0.4, 0.5) is 0 Å². The normalized spacial score (nSPS) is 21.7. The fourth-order valence-corrected chi connectivity index (χ4v) is 2.49. The summed E-state index contributed by atoms with van der Waals surface area (Å²) < 4.78 is 4.56. The second-order valence-electron chi connectivity index (χ2n) is 5.30. The zero-order valence-corrected chi connectivity index (χ0v) is 13.0. The Bertz CT molecular complexity index is 300. The van der Waals surface area contributed by atoms with Crippen LogP contribution in [0.3, 0.4) is 0 Å². The molecule has 0 heterocycles. The number of rotatable bonds is 7. The topological polar surface area (TPSA) is 81.4 Å². The summed E-state index contributed by atoms with van der Waals surface area (Å²) in [5.41, 5.74) is 5.88. The fourth-order valence-electron chi connectivity index (χ4n) is 2.49. The summed E-state index contributed by atoms with van der Waals surface area (Å²) in [6.45, 7) is 0.686. The summed E-state index contributed by atoms with van der Waals surface area (Å²) in [6, 6.07) is 0.185. The molecule has 6 heteroatoms. The fraction of sp³-hybridized carbons (Fsp3) is 0.857. The van der Waals surface area contributed by atoms with Crippen LogP contribution in [0, 0.1) is 5.92 Å². The van der Waals surface area contributed by atoms with Crippen molar-refractivity contribution in [2.24, 2.45) is 11.7 Å². The maximum atomic E-state index is 11.9. The molecule has 0 aliphatic heterocycles. The summed E-state index contributed by atoms with van der Waals surface area (Å²) in [5.74, 6) is 0.0714. The third-order valence-electron chi connectivity index (χ3n) is 3.67. The van der Waals surface area contributed by atoms with Gasteiger partial charge in [-0.2, -0.15) is 0 Å². The van der Waals surface area contributed by atoms with E-state index in [4.69, 9.17) is 5.73 Å². The van der Waals surface area contributed by atoms with Gasteiger partial charge in [-0.3, -0.25) is 9.59 Å². The van der Waals surface area contributed by atoms with E-state index in [2.05, 4.69) is 10.1 Å². The molecule has 2 atom stereocenters. The number of methoxy groups -OCH3 is 1. The molecule has 118 valence electrons. The van der Waals surface area contributed by atoms with Gasteiger partial charge in [0.25, 0.3) is 0 Å². The van der Waals surface area contributed by atoms with Crippen LogP contribution >= 0.6 is 12.4 Å². The second-order valence-corrected chi connectivity index (χ2v) is 5.30. The molecule has 20 heavy (non-hydrogen) atoms. The maximum Gasteiger partial charge on any atom is 0.305 e. The lowest BCUT2D eigenvalue weighted by Crippen LogP contribution is -2.38. The average molecular weight is 307 g/mol. The number of unbranched alkanes of at least 4 members (excludes halogenated alkanes) is 2. The molecule has 0 spiro atoms. The van der Waals surface area contributed by atoms with Crippen molar-refractivity contribution in [1.82, 2.24) is 5.32 Å². The zero-order chi connectivity index (χ0) is 14.1. The van der Waals surface area contributed by atoms with E-state index in [0.717, 1.165) is 44.9 Å². The van der Waals surface area contributed by atoms with Crippen LogP contribution in [0.1, 0.15) is 51.4 Å². The Hall–Kier alpha value is -0.810. The van der Waals surface area contributed by atoms with Crippen molar-refractivity contribution >= 4 is 24.3 Å². The van der Waals surface area contributed by atoms with Gasteiger partial charge in [-0.1, -0.05) is 12.8 Å². The molecule has 1 rings (SSSR count). The summed E-state index contributed by atoms with van der Waals surface area (Å²) in [5, 5.41) is 2.96. The highest BCUT2D eigenvalue weighted by molar-refractivity contribution is 5.85. The molecule has 1 saturated carbocycles. The van der Waals surface area contributed by atoms with Crippen molar-refractivity contribution in [1.29, 1.82) is 0 Å². The third kappa shape index (κ3) is 7.70. The molecular weight excluding hydrogens is 280 g/mol. The van der Waals surface area contributed by atoms with Gasteiger partial charge in [0.05, 0.1) is 7.11 Å². The van der Waals surface area contributed by atoms with Crippen LogP contribution in [0.15, 0.2) is 0 Å². The molecule has 1 aliphatic carbocycles. The minimum Gasteiger partial charge on any atom is -0.469 e. The molecule has 0 radical (unpaired) electrons. The van der Waals surface area contributed by atoms with Gasteiger partial charge in [-0.15, -0.1) is 12.4 Å². The van der Waals surface area contributed by atoms with Gasteiger partial charge in [-0.05, 0) is 32.1 Å². The molecule has 1 aliphatic rings. The average Bonchev–Trinajstić information content (AvgIpc) is 2.42. The van der Waals surface area contributed by atoms with Crippen LogP contribution in [0.5, 0.6) is 0 Å². The van der Waals surface area contributed by atoms with Crippen LogP contribution in [-0.2, 0) is 14.3 Å². The summed E-state index contributed by atoms with van der Waals surface area (Å²) in [7, 11) is 1.40. The molecule has 3 N–H and O–H groups in total. The van der Waals surface area contributed by atoms with E-state index in [0.29, 0.717) is 13.0 Å². The number of nitrogens with two attached hydrogens (primary N) is 1. The van der Waals surface area contributed by atoms with Crippen molar-refractivity contribution in [3.8, 4) is 0 Å². The smallest absolute Gasteiger partial charge is 0.305 e. The van der Waals surface area contributed by atoms with Crippen LogP contribution in [0.2, 0.25) is 0 Å². The molecule has 1 amide bonds. The largest absolute Gasteiger partial charge is 0.469 e. The van der Waals surface area contributed by atoms with Crippen molar-refractivity contribution in [2.45, 2.75) is 57.4 Å². The molecular formula is C14H27ClN2O3. The number of hydrogen-bond donors (Lipinski definition) is 2. The predicted octanol–water partition coefficient (Wildman–Crippen LogP) is 1.78. The number of amides is 1. The van der Waals surface area contributed by atoms with Gasteiger partial charge in [0.15, 0.2) is 0 Å². The Morgan fingerprint density at radius 1 is 1.25 bits per heavy atom. The summed E-state index contributed by atoms with van der Waals surface area (Å²) in [6.07, 6.45) is 6.98. The highest BCUT2D eigenvalue weighted by Crippen LogP contribution is 2.23. The van der Waals surface area contributed by atoms with E-state index in [9.17, 15) is 9.59 Å². The highest BCUT2D eigenvalue weighted by Gasteiger charge is 2.24.